The quantitative estimate of drug-likeness (QED) is 0.736. The SMILES string of the molecule is COc1csc(C(Cl)Cc2ccccc2C)c1. The first-order valence-corrected chi connectivity index (χ1v) is 6.83. The minimum Gasteiger partial charge on any atom is -0.496 e. The summed E-state index contributed by atoms with van der Waals surface area (Å²) >= 11 is 8.09. The van der Waals surface area contributed by atoms with Crippen LogP contribution in [-0.4, -0.2) is 7.11 Å². The van der Waals surface area contributed by atoms with Crippen molar-refractivity contribution in [1.82, 2.24) is 0 Å². The Labute approximate surface area is 111 Å². The second-order valence-corrected chi connectivity index (χ2v) is 5.46. The first kappa shape index (κ1) is 12.5. The zero-order valence-corrected chi connectivity index (χ0v) is 11.5. The van der Waals surface area contributed by atoms with Gasteiger partial charge >= 0.3 is 0 Å². The molecule has 1 heterocycles. The van der Waals surface area contributed by atoms with Gasteiger partial charge < -0.3 is 4.74 Å². The Hall–Kier alpha value is -0.990. The molecular weight excluding hydrogens is 252 g/mol. The van der Waals surface area contributed by atoms with E-state index in [2.05, 4.69) is 31.2 Å². The van der Waals surface area contributed by atoms with Crippen LogP contribution in [0.1, 0.15) is 21.4 Å². The van der Waals surface area contributed by atoms with E-state index in [-0.39, 0.29) is 5.38 Å². The second kappa shape index (κ2) is 5.56. The van der Waals surface area contributed by atoms with Crippen molar-refractivity contribution >= 4 is 22.9 Å². The highest BCUT2D eigenvalue weighted by atomic mass is 35.5. The molecule has 90 valence electrons. The fraction of sp³-hybridized carbons (Fsp3) is 0.286. The summed E-state index contributed by atoms with van der Waals surface area (Å²) in [6.45, 7) is 2.12. The van der Waals surface area contributed by atoms with Crippen LogP contribution in [0.25, 0.3) is 0 Å². The van der Waals surface area contributed by atoms with Gasteiger partial charge in [0.05, 0.1) is 12.5 Å². The molecule has 0 N–H and O–H groups in total. The van der Waals surface area contributed by atoms with Crippen LogP contribution >= 0.6 is 22.9 Å². The van der Waals surface area contributed by atoms with E-state index in [9.17, 15) is 0 Å². The van der Waals surface area contributed by atoms with Gasteiger partial charge in [-0.25, -0.2) is 0 Å². The number of hydrogen-bond donors (Lipinski definition) is 0. The fourth-order valence-electron chi connectivity index (χ4n) is 1.74. The standard InChI is InChI=1S/C14H15ClOS/c1-10-5-3-4-6-11(10)7-13(15)14-8-12(16-2)9-17-14/h3-6,8-9,13H,7H2,1-2H3. The van der Waals surface area contributed by atoms with E-state index in [0.29, 0.717) is 0 Å². The number of hydrogen-bond acceptors (Lipinski definition) is 2. The van der Waals surface area contributed by atoms with E-state index < -0.39 is 0 Å². The van der Waals surface area contributed by atoms with Crippen LogP contribution in [0.2, 0.25) is 0 Å². The van der Waals surface area contributed by atoms with Crippen LogP contribution in [0.3, 0.4) is 0 Å². The van der Waals surface area contributed by atoms with Gasteiger partial charge in [0.25, 0.3) is 0 Å². The van der Waals surface area contributed by atoms with Gasteiger partial charge in [0.1, 0.15) is 5.75 Å². The molecule has 0 aliphatic carbocycles. The molecular formula is C14H15ClOS. The molecule has 1 nitrogen and oxygen atoms in total. The van der Waals surface area contributed by atoms with Gasteiger partial charge in [0, 0.05) is 10.3 Å². The molecule has 0 amide bonds. The summed E-state index contributed by atoms with van der Waals surface area (Å²) in [6.07, 6.45) is 0.859. The molecule has 1 atom stereocenters. The number of aryl methyl sites for hydroxylation is 1. The molecule has 2 rings (SSSR count). The highest BCUT2D eigenvalue weighted by Gasteiger charge is 2.13. The van der Waals surface area contributed by atoms with Crippen molar-refractivity contribution in [1.29, 1.82) is 0 Å². The van der Waals surface area contributed by atoms with Gasteiger partial charge in [-0.15, -0.1) is 22.9 Å². The lowest BCUT2D eigenvalue weighted by molar-refractivity contribution is 0.416. The lowest BCUT2D eigenvalue weighted by Crippen LogP contribution is -1.95. The summed E-state index contributed by atoms with van der Waals surface area (Å²) in [5.41, 5.74) is 2.60. The molecule has 1 aromatic carbocycles. The Morgan fingerprint density at radius 3 is 2.76 bits per heavy atom. The summed E-state index contributed by atoms with van der Waals surface area (Å²) in [4.78, 5) is 1.16. The number of thiophene rings is 1. The summed E-state index contributed by atoms with van der Waals surface area (Å²) < 4.78 is 5.17. The van der Waals surface area contributed by atoms with Gasteiger partial charge in [-0.2, -0.15) is 0 Å². The topological polar surface area (TPSA) is 9.23 Å². The van der Waals surface area contributed by atoms with E-state index >= 15 is 0 Å². The largest absolute Gasteiger partial charge is 0.496 e. The van der Waals surface area contributed by atoms with E-state index in [1.165, 1.54) is 11.1 Å². The van der Waals surface area contributed by atoms with Crippen LogP contribution in [0.5, 0.6) is 5.75 Å². The van der Waals surface area contributed by atoms with Crippen molar-refractivity contribution in [2.45, 2.75) is 18.7 Å². The van der Waals surface area contributed by atoms with E-state index in [1.54, 1.807) is 18.4 Å². The van der Waals surface area contributed by atoms with Crippen LogP contribution in [0, 0.1) is 6.92 Å². The lowest BCUT2D eigenvalue weighted by atomic mass is 10.0. The molecule has 0 spiro atoms. The molecule has 0 saturated heterocycles. The summed E-state index contributed by atoms with van der Waals surface area (Å²) in [5.74, 6) is 0.889. The number of halogens is 1. The third kappa shape index (κ3) is 3.02. The maximum atomic E-state index is 6.44. The molecule has 2 aromatic rings. The molecule has 17 heavy (non-hydrogen) atoms. The third-order valence-corrected chi connectivity index (χ3v) is 4.34. The number of alkyl halides is 1. The van der Waals surface area contributed by atoms with Gasteiger partial charge in [-0.3, -0.25) is 0 Å². The minimum atomic E-state index is 0.0185. The van der Waals surface area contributed by atoms with Gasteiger partial charge in [0.2, 0.25) is 0 Å². The van der Waals surface area contributed by atoms with E-state index in [0.717, 1.165) is 17.0 Å². The number of benzene rings is 1. The van der Waals surface area contributed by atoms with Crippen LogP contribution in [-0.2, 0) is 6.42 Å². The summed E-state index contributed by atoms with van der Waals surface area (Å²) in [7, 11) is 1.68. The Morgan fingerprint density at radius 2 is 2.12 bits per heavy atom. The lowest BCUT2D eigenvalue weighted by Gasteiger charge is -2.09. The van der Waals surface area contributed by atoms with Gasteiger partial charge in [-0.1, -0.05) is 24.3 Å². The highest BCUT2D eigenvalue weighted by molar-refractivity contribution is 7.10. The van der Waals surface area contributed by atoms with Crippen LogP contribution in [0.4, 0.5) is 0 Å². The minimum absolute atomic E-state index is 0.0185. The average molecular weight is 267 g/mol. The van der Waals surface area contributed by atoms with Crippen molar-refractivity contribution in [3.8, 4) is 5.75 Å². The van der Waals surface area contributed by atoms with E-state index in [1.807, 2.05) is 11.4 Å². The van der Waals surface area contributed by atoms with Gasteiger partial charge in [0.15, 0.2) is 0 Å². The van der Waals surface area contributed by atoms with Crippen LogP contribution in [0.15, 0.2) is 35.7 Å². The number of ether oxygens (including phenoxy) is 1. The molecule has 1 aromatic heterocycles. The maximum Gasteiger partial charge on any atom is 0.129 e. The third-order valence-electron chi connectivity index (χ3n) is 2.80. The zero-order chi connectivity index (χ0) is 12.3. The summed E-state index contributed by atoms with van der Waals surface area (Å²) in [5, 5.41) is 2.01. The van der Waals surface area contributed by atoms with Crippen molar-refractivity contribution in [3.05, 3.63) is 51.7 Å². The maximum absolute atomic E-state index is 6.44. The van der Waals surface area contributed by atoms with Crippen molar-refractivity contribution in [2.75, 3.05) is 7.11 Å². The summed E-state index contributed by atoms with van der Waals surface area (Å²) in [6, 6.07) is 10.4. The average Bonchev–Trinajstić information content (AvgIpc) is 2.81. The highest BCUT2D eigenvalue weighted by Crippen LogP contribution is 2.33. The number of rotatable bonds is 4. The van der Waals surface area contributed by atoms with Crippen molar-refractivity contribution in [2.24, 2.45) is 0 Å². The van der Waals surface area contributed by atoms with Gasteiger partial charge in [-0.05, 0) is 30.5 Å². The normalized spacial score (nSPS) is 12.4. The smallest absolute Gasteiger partial charge is 0.129 e. The Morgan fingerprint density at radius 1 is 1.35 bits per heavy atom. The predicted molar refractivity (Wildman–Crippen MR) is 74.3 cm³/mol. The fourth-order valence-corrected chi connectivity index (χ4v) is 2.95. The Kier molecular flexibility index (Phi) is 4.08. The molecule has 0 fully saturated rings. The molecule has 0 saturated carbocycles. The molecule has 0 aliphatic heterocycles. The predicted octanol–water partition coefficient (Wildman–Crippen LogP) is 4.59. The molecule has 0 radical (unpaired) electrons. The first-order chi connectivity index (χ1) is 8.20. The van der Waals surface area contributed by atoms with Crippen molar-refractivity contribution in [3.63, 3.8) is 0 Å². The first-order valence-electron chi connectivity index (χ1n) is 5.51. The molecule has 0 aliphatic rings. The van der Waals surface area contributed by atoms with E-state index in [4.69, 9.17) is 16.3 Å². The monoisotopic (exact) mass is 266 g/mol. The Bertz CT molecular complexity index is 492. The van der Waals surface area contributed by atoms with Crippen LogP contribution < -0.4 is 4.74 Å². The zero-order valence-electron chi connectivity index (χ0n) is 9.94. The molecule has 3 heteroatoms. The second-order valence-electron chi connectivity index (χ2n) is 3.99. The Balaban J connectivity index is 2.11. The molecule has 0 bridgehead atoms. The number of methoxy groups -OCH3 is 1. The molecule has 1 unspecified atom stereocenters. The van der Waals surface area contributed by atoms with Crippen molar-refractivity contribution < 1.29 is 4.74 Å².